The molecule has 3 rings (SSSR count). The van der Waals surface area contributed by atoms with Crippen molar-refractivity contribution in [3.8, 4) is 5.75 Å². The second-order valence-corrected chi connectivity index (χ2v) is 5.26. The smallest absolute Gasteiger partial charge is 0.135 e. The van der Waals surface area contributed by atoms with Crippen molar-refractivity contribution in [2.75, 3.05) is 6.61 Å². The number of benzene rings is 1. The molecule has 0 spiro atoms. The quantitative estimate of drug-likeness (QED) is 0.908. The molecule has 0 amide bonds. The molecule has 1 unspecified atom stereocenters. The van der Waals surface area contributed by atoms with Crippen LogP contribution in [0.2, 0.25) is 0 Å². The Morgan fingerprint density at radius 1 is 1.20 bits per heavy atom. The summed E-state index contributed by atoms with van der Waals surface area (Å²) in [5.74, 6) is 2.07. The summed E-state index contributed by atoms with van der Waals surface area (Å²) in [5.41, 5.74) is 9.97. The lowest BCUT2D eigenvalue weighted by atomic mass is 9.95. The van der Waals surface area contributed by atoms with Crippen molar-refractivity contribution in [2.24, 2.45) is 5.73 Å². The van der Waals surface area contributed by atoms with Crippen LogP contribution in [0.4, 0.5) is 0 Å². The van der Waals surface area contributed by atoms with E-state index in [-0.39, 0.29) is 5.92 Å². The van der Waals surface area contributed by atoms with Crippen molar-refractivity contribution < 1.29 is 4.74 Å². The second kappa shape index (κ2) is 5.21. The van der Waals surface area contributed by atoms with Crippen molar-refractivity contribution in [2.45, 2.75) is 32.7 Å². The molecule has 4 heteroatoms. The number of fused-ring (bicyclic) bond motifs is 1. The fourth-order valence-corrected chi connectivity index (χ4v) is 2.74. The maximum atomic E-state index is 5.82. The highest BCUT2D eigenvalue weighted by atomic mass is 16.5. The van der Waals surface area contributed by atoms with Gasteiger partial charge in [0.05, 0.1) is 12.5 Å². The van der Waals surface area contributed by atoms with E-state index < -0.39 is 0 Å². The highest BCUT2D eigenvalue weighted by molar-refractivity contribution is 5.37. The maximum Gasteiger partial charge on any atom is 0.135 e. The summed E-state index contributed by atoms with van der Waals surface area (Å²) in [7, 11) is 0. The summed E-state index contributed by atoms with van der Waals surface area (Å²) in [6.45, 7) is 5.12. The minimum atomic E-state index is 0.217. The summed E-state index contributed by atoms with van der Waals surface area (Å²) in [6.07, 6.45) is 0.928. The molecule has 1 aliphatic heterocycles. The molecule has 1 aliphatic rings. The van der Waals surface area contributed by atoms with Gasteiger partial charge in [0, 0.05) is 23.5 Å². The number of ether oxygens (including phenoxy) is 1. The zero-order chi connectivity index (χ0) is 14.1. The highest BCUT2D eigenvalue weighted by Gasteiger charge is 2.24. The number of nitrogens with zero attached hydrogens (tertiary/aromatic N) is 2. The van der Waals surface area contributed by atoms with Crippen LogP contribution in [0.3, 0.4) is 0 Å². The molecular weight excluding hydrogens is 250 g/mol. The lowest BCUT2D eigenvalue weighted by molar-refractivity contribution is 0.257. The van der Waals surface area contributed by atoms with E-state index in [0.717, 1.165) is 34.9 Å². The van der Waals surface area contributed by atoms with Crippen LogP contribution in [0.1, 0.15) is 34.3 Å². The average molecular weight is 269 g/mol. The number of hydrogen-bond donors (Lipinski definition) is 1. The molecular formula is C16H19N3O. The van der Waals surface area contributed by atoms with Gasteiger partial charge in [-0.2, -0.15) is 0 Å². The van der Waals surface area contributed by atoms with E-state index in [4.69, 9.17) is 10.5 Å². The van der Waals surface area contributed by atoms with Crippen LogP contribution in [0, 0.1) is 13.8 Å². The van der Waals surface area contributed by atoms with E-state index >= 15 is 0 Å². The number of rotatable bonds is 2. The third-order valence-electron chi connectivity index (χ3n) is 3.89. The van der Waals surface area contributed by atoms with Crippen molar-refractivity contribution in [3.63, 3.8) is 0 Å². The highest BCUT2D eigenvalue weighted by Crippen LogP contribution is 2.31. The molecule has 20 heavy (non-hydrogen) atoms. The predicted octanol–water partition coefficient (Wildman–Crippen LogP) is 2.27. The van der Waals surface area contributed by atoms with Gasteiger partial charge in [0.1, 0.15) is 11.6 Å². The van der Waals surface area contributed by atoms with Gasteiger partial charge in [-0.1, -0.05) is 18.2 Å². The molecule has 2 heterocycles. The Labute approximate surface area is 119 Å². The third-order valence-corrected chi connectivity index (χ3v) is 3.89. The van der Waals surface area contributed by atoms with Crippen LogP contribution in [-0.2, 0) is 13.0 Å². The Morgan fingerprint density at radius 3 is 2.60 bits per heavy atom. The number of para-hydroxylation sites is 1. The van der Waals surface area contributed by atoms with E-state index in [0.29, 0.717) is 13.2 Å². The topological polar surface area (TPSA) is 61.0 Å². The largest absolute Gasteiger partial charge is 0.493 e. The summed E-state index contributed by atoms with van der Waals surface area (Å²) in [4.78, 5) is 9.26. The summed E-state index contributed by atoms with van der Waals surface area (Å²) in [6, 6.07) is 8.16. The number of hydrogen-bond acceptors (Lipinski definition) is 4. The molecule has 0 bridgehead atoms. The van der Waals surface area contributed by atoms with Crippen LogP contribution < -0.4 is 10.5 Å². The Hall–Kier alpha value is -1.94. The van der Waals surface area contributed by atoms with Gasteiger partial charge in [-0.3, -0.25) is 0 Å². The molecule has 2 aromatic rings. The van der Waals surface area contributed by atoms with Crippen LogP contribution in [0.25, 0.3) is 0 Å². The van der Waals surface area contributed by atoms with Crippen molar-refractivity contribution in [1.29, 1.82) is 0 Å². The Balaban J connectivity index is 1.92. The lowest BCUT2D eigenvalue weighted by Crippen LogP contribution is -2.22. The summed E-state index contributed by atoms with van der Waals surface area (Å²) < 4.78 is 5.82. The fourth-order valence-electron chi connectivity index (χ4n) is 2.74. The number of aryl methyl sites for hydroxylation is 2. The average Bonchev–Trinajstić information content (AvgIpc) is 2.46. The van der Waals surface area contributed by atoms with Crippen LogP contribution in [-0.4, -0.2) is 16.6 Å². The standard InChI is InChI=1S/C16H19N3O/c1-10-14(8-17)11(2)19-16(18-10)13-7-12-5-3-4-6-15(12)20-9-13/h3-6,13H,7-9,17H2,1-2H3. The number of nitrogens with two attached hydrogens (primary N) is 1. The molecule has 1 aromatic heterocycles. The molecule has 0 saturated heterocycles. The third kappa shape index (κ3) is 2.27. The Kier molecular flexibility index (Phi) is 3.40. The van der Waals surface area contributed by atoms with Gasteiger partial charge in [0.25, 0.3) is 0 Å². The maximum absolute atomic E-state index is 5.82. The first-order valence-electron chi connectivity index (χ1n) is 6.94. The molecule has 0 fully saturated rings. The van der Waals surface area contributed by atoms with Crippen molar-refractivity contribution in [3.05, 3.63) is 52.6 Å². The molecule has 104 valence electrons. The molecule has 0 aliphatic carbocycles. The zero-order valence-electron chi connectivity index (χ0n) is 11.9. The van der Waals surface area contributed by atoms with E-state index in [2.05, 4.69) is 16.0 Å². The van der Waals surface area contributed by atoms with Gasteiger partial charge >= 0.3 is 0 Å². The second-order valence-electron chi connectivity index (χ2n) is 5.26. The molecule has 1 aromatic carbocycles. The lowest BCUT2D eigenvalue weighted by Gasteiger charge is -2.25. The van der Waals surface area contributed by atoms with Gasteiger partial charge in [-0.05, 0) is 31.9 Å². The minimum absolute atomic E-state index is 0.217. The van der Waals surface area contributed by atoms with Crippen molar-refractivity contribution in [1.82, 2.24) is 9.97 Å². The van der Waals surface area contributed by atoms with Gasteiger partial charge in [-0.15, -0.1) is 0 Å². The first kappa shape index (κ1) is 13.1. The number of aromatic nitrogens is 2. The monoisotopic (exact) mass is 269 g/mol. The molecule has 2 N–H and O–H groups in total. The van der Waals surface area contributed by atoms with E-state index in [1.807, 2.05) is 32.0 Å². The Morgan fingerprint density at radius 2 is 1.90 bits per heavy atom. The normalized spacial score (nSPS) is 17.4. The zero-order valence-corrected chi connectivity index (χ0v) is 11.9. The van der Waals surface area contributed by atoms with Gasteiger partial charge < -0.3 is 10.5 Å². The van der Waals surface area contributed by atoms with E-state index in [1.54, 1.807) is 0 Å². The fraction of sp³-hybridized carbons (Fsp3) is 0.375. The minimum Gasteiger partial charge on any atom is -0.493 e. The van der Waals surface area contributed by atoms with E-state index in [9.17, 15) is 0 Å². The molecule has 1 atom stereocenters. The first-order valence-corrected chi connectivity index (χ1v) is 6.94. The predicted molar refractivity (Wildman–Crippen MR) is 77.8 cm³/mol. The van der Waals surface area contributed by atoms with Crippen LogP contribution >= 0.6 is 0 Å². The molecule has 0 saturated carbocycles. The Bertz CT molecular complexity index is 616. The van der Waals surface area contributed by atoms with Crippen molar-refractivity contribution >= 4 is 0 Å². The van der Waals surface area contributed by atoms with Crippen LogP contribution in [0.5, 0.6) is 5.75 Å². The first-order chi connectivity index (χ1) is 9.69. The van der Waals surface area contributed by atoms with Gasteiger partial charge in [-0.25, -0.2) is 9.97 Å². The SMILES string of the molecule is Cc1nc(C2COc3ccccc3C2)nc(C)c1CN. The molecule has 4 nitrogen and oxygen atoms in total. The summed E-state index contributed by atoms with van der Waals surface area (Å²) in [5, 5.41) is 0. The van der Waals surface area contributed by atoms with Crippen LogP contribution in [0.15, 0.2) is 24.3 Å². The van der Waals surface area contributed by atoms with Gasteiger partial charge in [0.15, 0.2) is 0 Å². The van der Waals surface area contributed by atoms with E-state index in [1.165, 1.54) is 5.56 Å². The molecule has 0 radical (unpaired) electrons. The summed E-state index contributed by atoms with van der Waals surface area (Å²) >= 11 is 0. The van der Waals surface area contributed by atoms with Gasteiger partial charge in [0.2, 0.25) is 0 Å².